The summed E-state index contributed by atoms with van der Waals surface area (Å²) in [6.07, 6.45) is 9.06. The molecule has 2 atom stereocenters. The first kappa shape index (κ1) is 16.0. The lowest BCUT2D eigenvalue weighted by molar-refractivity contribution is 0.281. The summed E-state index contributed by atoms with van der Waals surface area (Å²) in [4.78, 5) is 0. The molecule has 0 aliphatic rings. The fourth-order valence-electron chi connectivity index (χ4n) is 2.60. The molecule has 1 heteroatoms. The maximum Gasteiger partial charge on any atom is 0.00413 e. The average Bonchev–Trinajstić information content (AvgIpc) is 2.09. The van der Waals surface area contributed by atoms with E-state index in [1.807, 2.05) is 0 Å². The molecule has 0 heterocycles. The SMILES string of the molecule is CCCCCCC(N)CC(C)CC(C)(C)C. The van der Waals surface area contributed by atoms with Crippen LogP contribution in [-0.2, 0) is 0 Å². The molecule has 0 amide bonds. The van der Waals surface area contributed by atoms with Crippen LogP contribution in [-0.4, -0.2) is 6.04 Å². The van der Waals surface area contributed by atoms with Gasteiger partial charge in [0.05, 0.1) is 0 Å². The second-order valence-corrected chi connectivity index (χ2v) is 6.72. The summed E-state index contributed by atoms with van der Waals surface area (Å²) in [5, 5.41) is 0. The lowest BCUT2D eigenvalue weighted by Crippen LogP contribution is -2.24. The Kier molecular flexibility index (Phi) is 8.09. The van der Waals surface area contributed by atoms with Crippen molar-refractivity contribution < 1.29 is 0 Å². The van der Waals surface area contributed by atoms with Crippen LogP contribution in [0.3, 0.4) is 0 Å². The van der Waals surface area contributed by atoms with Gasteiger partial charge in [0, 0.05) is 6.04 Å². The Morgan fingerprint density at radius 3 is 2.19 bits per heavy atom. The zero-order valence-electron chi connectivity index (χ0n) is 12.2. The highest BCUT2D eigenvalue weighted by atomic mass is 14.6. The summed E-state index contributed by atoms with van der Waals surface area (Å²) >= 11 is 0. The highest BCUT2D eigenvalue weighted by Crippen LogP contribution is 2.27. The topological polar surface area (TPSA) is 26.0 Å². The van der Waals surface area contributed by atoms with Crippen molar-refractivity contribution in [2.75, 3.05) is 0 Å². The maximum atomic E-state index is 6.18. The Labute approximate surface area is 103 Å². The minimum Gasteiger partial charge on any atom is -0.328 e. The molecule has 0 bridgehead atoms. The van der Waals surface area contributed by atoms with Crippen LogP contribution in [0.25, 0.3) is 0 Å². The molecule has 0 spiro atoms. The lowest BCUT2D eigenvalue weighted by Gasteiger charge is -2.25. The van der Waals surface area contributed by atoms with Gasteiger partial charge in [-0.15, -0.1) is 0 Å². The second-order valence-electron chi connectivity index (χ2n) is 6.72. The van der Waals surface area contributed by atoms with Crippen molar-refractivity contribution in [3.8, 4) is 0 Å². The zero-order valence-corrected chi connectivity index (χ0v) is 12.2. The van der Waals surface area contributed by atoms with E-state index in [1.54, 1.807) is 0 Å². The van der Waals surface area contributed by atoms with Gasteiger partial charge in [0.25, 0.3) is 0 Å². The molecule has 98 valence electrons. The Hall–Kier alpha value is -0.0400. The molecule has 0 aromatic rings. The standard InChI is InChI=1S/C15H33N/c1-6-7-8-9-10-14(16)11-13(2)12-15(3,4)5/h13-14H,6-12,16H2,1-5H3. The van der Waals surface area contributed by atoms with Crippen LogP contribution in [0.4, 0.5) is 0 Å². The van der Waals surface area contributed by atoms with Gasteiger partial charge in [-0.1, -0.05) is 60.3 Å². The van der Waals surface area contributed by atoms with Crippen LogP contribution in [0.1, 0.15) is 79.6 Å². The molecule has 0 radical (unpaired) electrons. The predicted molar refractivity (Wildman–Crippen MR) is 74.6 cm³/mol. The van der Waals surface area contributed by atoms with Crippen molar-refractivity contribution in [2.24, 2.45) is 17.1 Å². The third kappa shape index (κ3) is 10.5. The van der Waals surface area contributed by atoms with Crippen LogP contribution < -0.4 is 5.73 Å². The normalized spacial score (nSPS) is 16.1. The Morgan fingerprint density at radius 1 is 1.06 bits per heavy atom. The van der Waals surface area contributed by atoms with Crippen molar-refractivity contribution in [3.63, 3.8) is 0 Å². The molecule has 2 N–H and O–H groups in total. The Balaban J connectivity index is 3.58. The second kappa shape index (κ2) is 8.11. The summed E-state index contributed by atoms with van der Waals surface area (Å²) in [6, 6.07) is 0.425. The first-order valence-corrected chi connectivity index (χ1v) is 7.10. The van der Waals surface area contributed by atoms with Gasteiger partial charge in [-0.05, 0) is 30.6 Å². The summed E-state index contributed by atoms with van der Waals surface area (Å²) in [7, 11) is 0. The summed E-state index contributed by atoms with van der Waals surface area (Å²) in [6.45, 7) is 11.5. The van der Waals surface area contributed by atoms with Crippen molar-refractivity contribution in [3.05, 3.63) is 0 Å². The van der Waals surface area contributed by atoms with Crippen LogP contribution in [0.2, 0.25) is 0 Å². The van der Waals surface area contributed by atoms with Crippen LogP contribution in [0.5, 0.6) is 0 Å². The highest BCUT2D eigenvalue weighted by Gasteiger charge is 2.17. The monoisotopic (exact) mass is 227 g/mol. The fourth-order valence-corrected chi connectivity index (χ4v) is 2.60. The number of rotatable bonds is 8. The molecule has 0 aliphatic carbocycles. The van der Waals surface area contributed by atoms with E-state index < -0.39 is 0 Å². The first-order valence-electron chi connectivity index (χ1n) is 7.10. The highest BCUT2D eigenvalue weighted by molar-refractivity contribution is 4.71. The number of nitrogens with two attached hydrogens (primary N) is 1. The van der Waals surface area contributed by atoms with Gasteiger partial charge >= 0.3 is 0 Å². The fraction of sp³-hybridized carbons (Fsp3) is 1.00. The quantitative estimate of drug-likeness (QED) is 0.595. The lowest BCUT2D eigenvalue weighted by atomic mass is 9.82. The van der Waals surface area contributed by atoms with Crippen LogP contribution in [0.15, 0.2) is 0 Å². The average molecular weight is 227 g/mol. The molecule has 0 saturated carbocycles. The largest absolute Gasteiger partial charge is 0.328 e. The van der Waals surface area contributed by atoms with Gasteiger partial charge in [-0.3, -0.25) is 0 Å². The van der Waals surface area contributed by atoms with Crippen LogP contribution >= 0.6 is 0 Å². The van der Waals surface area contributed by atoms with Gasteiger partial charge in [0.2, 0.25) is 0 Å². The molecule has 16 heavy (non-hydrogen) atoms. The molecule has 2 unspecified atom stereocenters. The first-order chi connectivity index (χ1) is 7.35. The molecule has 1 nitrogen and oxygen atoms in total. The van der Waals surface area contributed by atoms with E-state index in [0.29, 0.717) is 11.5 Å². The molecule has 0 aromatic carbocycles. The molecule has 0 rings (SSSR count). The van der Waals surface area contributed by atoms with E-state index in [9.17, 15) is 0 Å². The number of hydrogen-bond acceptors (Lipinski definition) is 1. The van der Waals surface area contributed by atoms with Gasteiger partial charge in [-0.2, -0.15) is 0 Å². The van der Waals surface area contributed by atoms with E-state index in [2.05, 4.69) is 34.6 Å². The van der Waals surface area contributed by atoms with E-state index in [0.717, 1.165) is 5.92 Å². The van der Waals surface area contributed by atoms with Crippen molar-refractivity contribution >= 4 is 0 Å². The van der Waals surface area contributed by atoms with Crippen molar-refractivity contribution in [2.45, 2.75) is 85.6 Å². The number of hydrogen-bond donors (Lipinski definition) is 1. The summed E-state index contributed by atoms with van der Waals surface area (Å²) < 4.78 is 0. The van der Waals surface area contributed by atoms with E-state index in [1.165, 1.54) is 44.9 Å². The molecule has 0 aromatic heterocycles. The molecule has 0 fully saturated rings. The summed E-state index contributed by atoms with van der Waals surface area (Å²) in [5.41, 5.74) is 6.62. The van der Waals surface area contributed by atoms with Gasteiger partial charge < -0.3 is 5.73 Å². The minimum atomic E-state index is 0.425. The minimum absolute atomic E-state index is 0.425. The number of unbranched alkanes of at least 4 members (excludes halogenated alkanes) is 3. The molecular weight excluding hydrogens is 194 g/mol. The van der Waals surface area contributed by atoms with Gasteiger partial charge in [0.1, 0.15) is 0 Å². The van der Waals surface area contributed by atoms with Gasteiger partial charge in [-0.25, -0.2) is 0 Å². The third-order valence-electron chi connectivity index (χ3n) is 3.09. The zero-order chi connectivity index (χ0) is 12.6. The maximum absolute atomic E-state index is 6.18. The Bertz CT molecular complexity index is 157. The van der Waals surface area contributed by atoms with E-state index >= 15 is 0 Å². The van der Waals surface area contributed by atoms with E-state index in [4.69, 9.17) is 5.73 Å². The van der Waals surface area contributed by atoms with Gasteiger partial charge in [0.15, 0.2) is 0 Å². The molecular formula is C15H33N. The van der Waals surface area contributed by atoms with Crippen molar-refractivity contribution in [1.82, 2.24) is 0 Å². The van der Waals surface area contributed by atoms with E-state index in [-0.39, 0.29) is 0 Å². The third-order valence-corrected chi connectivity index (χ3v) is 3.09. The smallest absolute Gasteiger partial charge is 0.00413 e. The van der Waals surface area contributed by atoms with Crippen molar-refractivity contribution in [1.29, 1.82) is 0 Å². The predicted octanol–water partition coefficient (Wildman–Crippen LogP) is 4.75. The molecule has 0 saturated heterocycles. The Morgan fingerprint density at radius 2 is 1.69 bits per heavy atom. The van der Waals surface area contributed by atoms with Crippen LogP contribution in [0, 0.1) is 11.3 Å². The summed E-state index contributed by atoms with van der Waals surface area (Å²) in [5.74, 6) is 0.765. The molecule has 0 aliphatic heterocycles.